The zero-order valence-corrected chi connectivity index (χ0v) is 18.8. The third kappa shape index (κ3) is 4.90. The highest BCUT2D eigenvalue weighted by atomic mass is 16.5. The Morgan fingerprint density at radius 2 is 2.03 bits per heavy atom. The number of nitrogen functional groups attached to an aromatic ring is 1. The molecule has 1 aliphatic heterocycles. The number of H-pyrrole nitrogens is 1. The van der Waals surface area contributed by atoms with Crippen LogP contribution in [0.5, 0.6) is 11.6 Å². The van der Waals surface area contributed by atoms with E-state index >= 15 is 0 Å². The minimum Gasteiger partial charge on any atom is -0.437 e. The van der Waals surface area contributed by atoms with E-state index in [0.29, 0.717) is 47.7 Å². The van der Waals surface area contributed by atoms with Crippen molar-refractivity contribution in [2.24, 2.45) is 0 Å². The number of nitrogens with two attached hydrogens (primary N) is 1. The number of nitrogens with zero attached hydrogens (tertiary/aromatic N) is 5. The van der Waals surface area contributed by atoms with Crippen molar-refractivity contribution in [3.05, 3.63) is 64.2 Å². The standard InChI is InChI=1S/C23H26N8O3/c1-14-28-21(24)20-22(29-14)31(23(32)30-20)13-15-2-5-19(27-10-15)34-18-4-3-17(26-12-18)11-25-16-6-8-33-9-7-16/h2-5,10,12,16,25H,6-9,11,13H2,1H3,(H,30,32)(H2,24,28,29). The number of aromatic nitrogens is 6. The van der Waals surface area contributed by atoms with Crippen molar-refractivity contribution in [3.63, 3.8) is 0 Å². The van der Waals surface area contributed by atoms with E-state index in [4.69, 9.17) is 15.2 Å². The number of fused-ring (bicyclic) bond motifs is 1. The first-order chi connectivity index (χ1) is 16.5. The summed E-state index contributed by atoms with van der Waals surface area (Å²) < 4.78 is 12.7. The maximum atomic E-state index is 12.4. The molecule has 176 valence electrons. The lowest BCUT2D eigenvalue weighted by Crippen LogP contribution is -2.34. The van der Waals surface area contributed by atoms with Gasteiger partial charge in [0.25, 0.3) is 0 Å². The van der Waals surface area contributed by atoms with Crippen molar-refractivity contribution >= 4 is 17.0 Å². The molecule has 34 heavy (non-hydrogen) atoms. The van der Waals surface area contributed by atoms with E-state index in [2.05, 4.69) is 30.2 Å². The van der Waals surface area contributed by atoms with Gasteiger partial charge in [0, 0.05) is 38.1 Å². The van der Waals surface area contributed by atoms with Crippen LogP contribution in [-0.2, 0) is 17.8 Å². The Morgan fingerprint density at radius 1 is 1.18 bits per heavy atom. The molecule has 0 radical (unpaired) electrons. The van der Waals surface area contributed by atoms with Crippen molar-refractivity contribution in [2.75, 3.05) is 18.9 Å². The van der Waals surface area contributed by atoms with Gasteiger partial charge in [-0.05, 0) is 37.5 Å². The first-order valence-electron chi connectivity index (χ1n) is 11.2. The van der Waals surface area contributed by atoms with Crippen molar-refractivity contribution in [3.8, 4) is 11.6 Å². The summed E-state index contributed by atoms with van der Waals surface area (Å²) in [5.41, 5.74) is 8.27. The minimum atomic E-state index is -0.306. The maximum Gasteiger partial charge on any atom is 0.328 e. The van der Waals surface area contributed by atoms with Crippen LogP contribution in [0.1, 0.15) is 29.9 Å². The summed E-state index contributed by atoms with van der Waals surface area (Å²) in [5.74, 6) is 1.79. The van der Waals surface area contributed by atoms with Crippen LogP contribution in [0.2, 0.25) is 0 Å². The molecular weight excluding hydrogens is 436 g/mol. The zero-order valence-electron chi connectivity index (χ0n) is 18.8. The normalized spacial score (nSPS) is 14.5. The SMILES string of the molecule is Cc1nc(N)c2[nH]c(=O)n(Cc3ccc(Oc4ccc(CNC5CCOCC5)nc4)nc3)c2n1. The van der Waals surface area contributed by atoms with Crippen molar-refractivity contribution in [1.82, 2.24) is 34.8 Å². The summed E-state index contributed by atoms with van der Waals surface area (Å²) in [6.07, 6.45) is 5.41. The van der Waals surface area contributed by atoms with E-state index in [-0.39, 0.29) is 11.5 Å². The summed E-state index contributed by atoms with van der Waals surface area (Å²) in [6.45, 7) is 4.35. The lowest BCUT2D eigenvalue weighted by atomic mass is 10.1. The molecule has 1 aliphatic rings. The lowest BCUT2D eigenvalue weighted by molar-refractivity contribution is 0.0775. The van der Waals surface area contributed by atoms with Gasteiger partial charge in [-0.3, -0.25) is 9.55 Å². The Morgan fingerprint density at radius 3 is 2.76 bits per heavy atom. The Kier molecular flexibility index (Phi) is 6.19. The summed E-state index contributed by atoms with van der Waals surface area (Å²) >= 11 is 0. The first-order valence-corrected chi connectivity index (χ1v) is 11.2. The number of rotatable bonds is 7. The average Bonchev–Trinajstić information content (AvgIpc) is 3.16. The van der Waals surface area contributed by atoms with Gasteiger partial charge in [0.05, 0.1) is 18.4 Å². The van der Waals surface area contributed by atoms with Gasteiger partial charge < -0.3 is 25.5 Å². The van der Waals surface area contributed by atoms with Gasteiger partial charge in [-0.25, -0.2) is 19.7 Å². The smallest absolute Gasteiger partial charge is 0.328 e. The Hall–Kier alpha value is -3.83. The molecule has 0 saturated carbocycles. The molecule has 0 amide bonds. The molecule has 4 N–H and O–H groups in total. The second-order valence-corrected chi connectivity index (χ2v) is 8.23. The van der Waals surface area contributed by atoms with Crippen molar-refractivity contribution < 1.29 is 9.47 Å². The lowest BCUT2D eigenvalue weighted by Gasteiger charge is -2.23. The molecule has 1 fully saturated rings. The van der Waals surface area contributed by atoms with Gasteiger partial charge in [-0.15, -0.1) is 0 Å². The van der Waals surface area contributed by atoms with Gasteiger partial charge in [0.1, 0.15) is 17.1 Å². The molecule has 0 aliphatic carbocycles. The number of anilines is 1. The molecule has 5 heterocycles. The summed E-state index contributed by atoms with van der Waals surface area (Å²) in [6, 6.07) is 7.90. The molecule has 4 aromatic heterocycles. The third-order valence-corrected chi connectivity index (χ3v) is 5.71. The van der Waals surface area contributed by atoms with Crippen molar-refractivity contribution in [1.29, 1.82) is 0 Å². The molecular formula is C23H26N8O3. The molecule has 0 unspecified atom stereocenters. The predicted molar refractivity (Wildman–Crippen MR) is 126 cm³/mol. The fourth-order valence-corrected chi connectivity index (χ4v) is 3.91. The van der Waals surface area contributed by atoms with E-state index in [0.717, 1.165) is 37.3 Å². The average molecular weight is 463 g/mol. The molecule has 0 aromatic carbocycles. The second-order valence-electron chi connectivity index (χ2n) is 8.23. The fourth-order valence-electron chi connectivity index (χ4n) is 3.91. The second kappa shape index (κ2) is 9.57. The highest BCUT2D eigenvalue weighted by Gasteiger charge is 2.14. The van der Waals surface area contributed by atoms with Crippen LogP contribution in [0.25, 0.3) is 11.2 Å². The minimum absolute atomic E-state index is 0.249. The number of pyridine rings is 2. The molecule has 0 spiro atoms. The number of imidazole rings is 1. The van der Waals surface area contributed by atoms with Gasteiger partial charge >= 0.3 is 5.69 Å². The number of ether oxygens (including phenoxy) is 2. The monoisotopic (exact) mass is 462 g/mol. The van der Waals surface area contributed by atoms with Crippen LogP contribution in [0.15, 0.2) is 41.5 Å². The number of aryl methyl sites for hydroxylation is 1. The zero-order chi connectivity index (χ0) is 23.5. The summed E-state index contributed by atoms with van der Waals surface area (Å²) in [7, 11) is 0. The number of hydrogen-bond donors (Lipinski definition) is 3. The molecule has 11 nitrogen and oxygen atoms in total. The Bertz CT molecular complexity index is 1330. The highest BCUT2D eigenvalue weighted by molar-refractivity contribution is 5.81. The van der Waals surface area contributed by atoms with Gasteiger partial charge in [-0.1, -0.05) is 6.07 Å². The molecule has 0 bridgehead atoms. The molecule has 4 aromatic rings. The maximum absolute atomic E-state index is 12.4. The van der Waals surface area contributed by atoms with E-state index in [1.807, 2.05) is 18.2 Å². The van der Waals surface area contributed by atoms with Crippen LogP contribution < -0.4 is 21.5 Å². The molecule has 5 rings (SSSR count). The van der Waals surface area contributed by atoms with E-state index in [1.165, 1.54) is 4.57 Å². The Balaban J connectivity index is 1.21. The van der Waals surface area contributed by atoms with Gasteiger partial charge in [0.2, 0.25) is 5.88 Å². The van der Waals surface area contributed by atoms with Crippen LogP contribution in [0, 0.1) is 6.92 Å². The highest BCUT2D eigenvalue weighted by Crippen LogP contribution is 2.20. The number of hydrogen-bond acceptors (Lipinski definition) is 9. The van der Waals surface area contributed by atoms with E-state index < -0.39 is 0 Å². The predicted octanol–water partition coefficient (Wildman–Crippen LogP) is 1.91. The van der Waals surface area contributed by atoms with E-state index in [1.54, 1.807) is 25.4 Å². The van der Waals surface area contributed by atoms with Gasteiger partial charge in [-0.2, -0.15) is 0 Å². The quantitative estimate of drug-likeness (QED) is 0.375. The fraction of sp³-hybridized carbons (Fsp3) is 0.348. The van der Waals surface area contributed by atoms with E-state index in [9.17, 15) is 4.79 Å². The summed E-state index contributed by atoms with van der Waals surface area (Å²) in [4.78, 5) is 32.4. The molecule has 1 saturated heterocycles. The largest absolute Gasteiger partial charge is 0.437 e. The third-order valence-electron chi connectivity index (χ3n) is 5.71. The van der Waals surface area contributed by atoms with Gasteiger partial charge in [0.15, 0.2) is 11.5 Å². The number of aromatic amines is 1. The van der Waals surface area contributed by atoms with Crippen LogP contribution in [0.3, 0.4) is 0 Å². The molecule has 0 atom stereocenters. The van der Waals surface area contributed by atoms with Crippen LogP contribution in [0.4, 0.5) is 5.82 Å². The van der Waals surface area contributed by atoms with Crippen molar-refractivity contribution in [2.45, 2.75) is 38.9 Å². The topological polar surface area (TPSA) is 146 Å². The first kappa shape index (κ1) is 22.0. The molecule has 11 heteroatoms. The van der Waals surface area contributed by atoms with Crippen LogP contribution in [-0.4, -0.2) is 48.7 Å². The Labute approximate surface area is 195 Å². The summed E-state index contributed by atoms with van der Waals surface area (Å²) in [5, 5.41) is 3.52. The van der Waals surface area contributed by atoms with Crippen LogP contribution >= 0.6 is 0 Å². The number of nitrogens with one attached hydrogen (secondary N) is 2.